The molecule has 0 saturated heterocycles. The molecule has 0 amide bonds. The number of benzene rings is 1. The van der Waals surface area contributed by atoms with Crippen LogP contribution in [0.4, 0.5) is 4.39 Å². The molecule has 0 saturated carbocycles. The van der Waals surface area contributed by atoms with Crippen molar-refractivity contribution in [3.63, 3.8) is 0 Å². The molecule has 0 radical (unpaired) electrons. The highest BCUT2D eigenvalue weighted by Gasteiger charge is 2.16. The maximum atomic E-state index is 13.7. The van der Waals surface area contributed by atoms with E-state index >= 15 is 0 Å². The third kappa shape index (κ3) is 2.87. The molecule has 1 unspecified atom stereocenters. The first-order chi connectivity index (χ1) is 8.20. The molecule has 94 valence electrons. The molecular weight excluding hydrogens is 227 g/mol. The normalized spacial score (nSPS) is 15.7. The summed E-state index contributed by atoms with van der Waals surface area (Å²) in [5.41, 5.74) is 0.460. The number of aliphatic hydroxyl groups is 2. The molecule has 0 aliphatic carbocycles. The number of halogens is 1. The van der Waals surface area contributed by atoms with Gasteiger partial charge in [-0.15, -0.1) is 0 Å². The fourth-order valence-corrected chi connectivity index (χ4v) is 1.71. The molecule has 1 aromatic carbocycles. The molecule has 1 aromatic rings. The third-order valence-corrected chi connectivity index (χ3v) is 2.67. The lowest BCUT2D eigenvalue weighted by Crippen LogP contribution is -2.16. The summed E-state index contributed by atoms with van der Waals surface area (Å²) in [6.07, 6.45) is -0.153. The lowest BCUT2D eigenvalue weighted by atomic mass is 10.1. The lowest BCUT2D eigenvalue weighted by molar-refractivity contribution is 0.0883. The molecule has 5 heteroatoms. The van der Waals surface area contributed by atoms with Crippen LogP contribution in [0.25, 0.3) is 0 Å². The Morgan fingerprint density at radius 2 is 1.88 bits per heavy atom. The summed E-state index contributed by atoms with van der Waals surface area (Å²) >= 11 is 0. The highest BCUT2D eigenvalue weighted by Crippen LogP contribution is 2.33. The van der Waals surface area contributed by atoms with Crippen LogP contribution in [0, 0.1) is 5.82 Å². The standard InChI is InChI=1S/C12H15FO4/c13-10-6-12-11(16-3-4-17-12)5-8(10)1-2-9(15)7-14/h5-6,9,14-15H,1-4,7H2. The monoisotopic (exact) mass is 242 g/mol. The molecular formula is C12H15FO4. The Bertz CT molecular complexity index is 394. The van der Waals surface area contributed by atoms with Gasteiger partial charge in [-0.05, 0) is 24.5 Å². The van der Waals surface area contributed by atoms with Gasteiger partial charge in [0.15, 0.2) is 11.5 Å². The van der Waals surface area contributed by atoms with Gasteiger partial charge in [0.05, 0.1) is 12.7 Å². The zero-order valence-corrected chi connectivity index (χ0v) is 9.36. The van der Waals surface area contributed by atoms with Gasteiger partial charge in [-0.2, -0.15) is 0 Å². The number of hydrogen-bond acceptors (Lipinski definition) is 4. The first-order valence-electron chi connectivity index (χ1n) is 5.57. The summed E-state index contributed by atoms with van der Waals surface area (Å²) in [6, 6.07) is 2.89. The van der Waals surface area contributed by atoms with E-state index < -0.39 is 6.10 Å². The van der Waals surface area contributed by atoms with Gasteiger partial charge >= 0.3 is 0 Å². The van der Waals surface area contributed by atoms with Crippen molar-refractivity contribution in [1.82, 2.24) is 0 Å². The van der Waals surface area contributed by atoms with Crippen LogP contribution in [-0.4, -0.2) is 36.1 Å². The smallest absolute Gasteiger partial charge is 0.164 e. The summed E-state index contributed by atoms with van der Waals surface area (Å²) in [7, 11) is 0. The van der Waals surface area contributed by atoms with Crippen LogP contribution in [-0.2, 0) is 6.42 Å². The Hall–Kier alpha value is -1.33. The highest BCUT2D eigenvalue weighted by molar-refractivity contribution is 5.44. The molecule has 1 atom stereocenters. The first-order valence-corrected chi connectivity index (χ1v) is 5.57. The zero-order chi connectivity index (χ0) is 12.3. The van der Waals surface area contributed by atoms with Crippen LogP contribution in [0.1, 0.15) is 12.0 Å². The summed E-state index contributed by atoms with van der Waals surface area (Å²) in [5.74, 6) is 0.575. The second-order valence-electron chi connectivity index (χ2n) is 3.96. The molecule has 0 bridgehead atoms. The SMILES string of the molecule is OCC(O)CCc1cc2c(cc1F)OCCO2. The Balaban J connectivity index is 2.11. The predicted molar refractivity (Wildman–Crippen MR) is 58.8 cm³/mol. The minimum atomic E-state index is -0.817. The van der Waals surface area contributed by atoms with Gasteiger partial charge in [0.2, 0.25) is 0 Å². The van der Waals surface area contributed by atoms with Crippen molar-refractivity contribution in [2.45, 2.75) is 18.9 Å². The van der Waals surface area contributed by atoms with E-state index in [1.807, 2.05) is 0 Å². The van der Waals surface area contributed by atoms with Crippen LogP contribution in [0.5, 0.6) is 11.5 Å². The quantitative estimate of drug-likeness (QED) is 0.823. The Morgan fingerprint density at radius 3 is 2.53 bits per heavy atom. The number of ether oxygens (including phenoxy) is 2. The molecule has 0 spiro atoms. The van der Waals surface area contributed by atoms with Crippen LogP contribution < -0.4 is 9.47 Å². The van der Waals surface area contributed by atoms with Gasteiger partial charge in [-0.25, -0.2) is 4.39 Å². The Morgan fingerprint density at radius 1 is 1.24 bits per heavy atom. The average Bonchev–Trinajstić information content (AvgIpc) is 2.35. The maximum Gasteiger partial charge on any atom is 0.164 e. The summed E-state index contributed by atoms with van der Waals surface area (Å²) < 4.78 is 24.3. The second-order valence-corrected chi connectivity index (χ2v) is 3.96. The van der Waals surface area contributed by atoms with Crippen LogP contribution >= 0.6 is 0 Å². The van der Waals surface area contributed by atoms with Gasteiger partial charge in [0, 0.05) is 6.07 Å². The number of aliphatic hydroxyl groups excluding tert-OH is 2. The van der Waals surface area contributed by atoms with Gasteiger partial charge in [-0.3, -0.25) is 0 Å². The van der Waals surface area contributed by atoms with Crippen LogP contribution in [0.15, 0.2) is 12.1 Å². The van der Waals surface area contributed by atoms with E-state index in [4.69, 9.17) is 14.6 Å². The zero-order valence-electron chi connectivity index (χ0n) is 9.36. The van der Waals surface area contributed by atoms with Crippen molar-refractivity contribution >= 4 is 0 Å². The molecule has 4 nitrogen and oxygen atoms in total. The second kappa shape index (κ2) is 5.33. The van der Waals surface area contributed by atoms with Crippen molar-refractivity contribution in [3.05, 3.63) is 23.5 Å². The number of aryl methyl sites for hydroxylation is 1. The minimum absolute atomic E-state index is 0.313. The highest BCUT2D eigenvalue weighted by atomic mass is 19.1. The fourth-order valence-electron chi connectivity index (χ4n) is 1.71. The number of rotatable bonds is 4. The van der Waals surface area contributed by atoms with E-state index in [-0.39, 0.29) is 12.4 Å². The van der Waals surface area contributed by atoms with Crippen molar-refractivity contribution in [1.29, 1.82) is 0 Å². The molecule has 17 heavy (non-hydrogen) atoms. The van der Waals surface area contributed by atoms with Gasteiger partial charge < -0.3 is 19.7 Å². The van der Waals surface area contributed by atoms with Crippen molar-refractivity contribution in [2.75, 3.05) is 19.8 Å². The molecule has 1 aliphatic heterocycles. The van der Waals surface area contributed by atoms with E-state index in [0.717, 1.165) is 0 Å². The van der Waals surface area contributed by atoms with E-state index in [1.165, 1.54) is 6.07 Å². The summed E-state index contributed by atoms with van der Waals surface area (Å²) in [4.78, 5) is 0. The number of fused-ring (bicyclic) bond motifs is 1. The first kappa shape index (κ1) is 12.1. The van der Waals surface area contributed by atoms with Crippen molar-refractivity contribution < 1.29 is 24.1 Å². The molecule has 0 aromatic heterocycles. The van der Waals surface area contributed by atoms with Gasteiger partial charge in [0.25, 0.3) is 0 Å². The fraction of sp³-hybridized carbons (Fsp3) is 0.500. The largest absolute Gasteiger partial charge is 0.486 e. The lowest BCUT2D eigenvalue weighted by Gasteiger charge is -2.19. The Kier molecular flexibility index (Phi) is 3.81. The van der Waals surface area contributed by atoms with E-state index in [9.17, 15) is 9.50 Å². The topological polar surface area (TPSA) is 58.9 Å². The maximum absolute atomic E-state index is 13.7. The van der Waals surface area contributed by atoms with Crippen molar-refractivity contribution in [3.8, 4) is 11.5 Å². The summed E-state index contributed by atoms with van der Waals surface area (Å²) in [6.45, 7) is 0.568. The molecule has 2 N–H and O–H groups in total. The van der Waals surface area contributed by atoms with E-state index in [2.05, 4.69) is 0 Å². The molecule has 0 fully saturated rings. The number of hydrogen-bond donors (Lipinski definition) is 2. The third-order valence-electron chi connectivity index (χ3n) is 2.67. The molecule has 1 aliphatic rings. The van der Waals surface area contributed by atoms with Gasteiger partial charge in [0.1, 0.15) is 19.0 Å². The average molecular weight is 242 g/mol. The summed E-state index contributed by atoms with van der Waals surface area (Å²) in [5, 5.41) is 17.9. The molecule has 1 heterocycles. The van der Waals surface area contributed by atoms with Gasteiger partial charge in [-0.1, -0.05) is 0 Å². The predicted octanol–water partition coefficient (Wildman–Crippen LogP) is 0.883. The minimum Gasteiger partial charge on any atom is -0.486 e. The Labute approximate surface area is 98.6 Å². The van der Waals surface area contributed by atoms with Crippen LogP contribution in [0.3, 0.4) is 0 Å². The van der Waals surface area contributed by atoms with Crippen molar-refractivity contribution in [2.24, 2.45) is 0 Å². The molecule has 2 rings (SSSR count). The van der Waals surface area contributed by atoms with Crippen LogP contribution in [0.2, 0.25) is 0 Å². The van der Waals surface area contributed by atoms with E-state index in [1.54, 1.807) is 6.07 Å². The van der Waals surface area contributed by atoms with E-state index in [0.29, 0.717) is 43.1 Å².